The maximum absolute atomic E-state index is 13.0. The smallest absolute Gasteiger partial charge is 0.274 e. The van der Waals surface area contributed by atoms with Crippen molar-refractivity contribution in [3.8, 4) is 5.75 Å². The van der Waals surface area contributed by atoms with Gasteiger partial charge in [0.2, 0.25) is 0 Å². The van der Waals surface area contributed by atoms with Crippen LogP contribution in [-0.2, 0) is 25.8 Å². The van der Waals surface area contributed by atoms with Crippen molar-refractivity contribution < 1.29 is 9.53 Å². The number of nitrogens with one attached hydrogen (secondary N) is 1. The number of hydrogen-bond donors (Lipinski definition) is 1. The van der Waals surface area contributed by atoms with E-state index in [1.165, 1.54) is 16.8 Å². The van der Waals surface area contributed by atoms with Crippen LogP contribution in [0.3, 0.4) is 0 Å². The minimum Gasteiger partial charge on any atom is -0.496 e. The molecule has 2 heterocycles. The van der Waals surface area contributed by atoms with E-state index in [-0.39, 0.29) is 5.91 Å². The number of nitrogens with zero attached hydrogens (tertiary/aromatic N) is 3. The molecule has 6 nitrogen and oxygen atoms in total. The van der Waals surface area contributed by atoms with Crippen LogP contribution in [0.25, 0.3) is 0 Å². The summed E-state index contributed by atoms with van der Waals surface area (Å²) < 4.78 is 7.50. The molecule has 2 aromatic rings. The fourth-order valence-electron chi connectivity index (χ4n) is 4.69. The Morgan fingerprint density at radius 1 is 1.28 bits per heavy atom. The molecule has 1 aromatic heterocycles. The maximum Gasteiger partial charge on any atom is 0.274 e. The summed E-state index contributed by atoms with van der Waals surface area (Å²) in [6.45, 7) is 5.56. The lowest BCUT2D eigenvalue weighted by Gasteiger charge is -2.25. The van der Waals surface area contributed by atoms with Gasteiger partial charge in [-0.15, -0.1) is 0 Å². The third kappa shape index (κ3) is 4.17. The number of carbonyl (C=O) groups excluding carboxylic acids is 1. The average molecular weight is 397 g/mol. The first-order valence-electron chi connectivity index (χ1n) is 10.9. The molecule has 0 bridgehead atoms. The van der Waals surface area contributed by atoms with E-state index in [1.54, 1.807) is 7.11 Å². The van der Waals surface area contributed by atoms with Crippen molar-refractivity contribution in [2.45, 2.75) is 58.0 Å². The van der Waals surface area contributed by atoms with Crippen molar-refractivity contribution in [3.63, 3.8) is 0 Å². The van der Waals surface area contributed by atoms with Crippen LogP contribution in [0.4, 0.5) is 0 Å². The van der Waals surface area contributed by atoms with Gasteiger partial charge < -0.3 is 15.0 Å². The van der Waals surface area contributed by atoms with Gasteiger partial charge in [-0.1, -0.05) is 18.2 Å². The first-order valence-corrected chi connectivity index (χ1v) is 10.9. The molecule has 0 spiro atoms. The van der Waals surface area contributed by atoms with Crippen molar-refractivity contribution in [2.24, 2.45) is 0 Å². The molecule has 1 unspecified atom stereocenters. The molecule has 156 valence electrons. The predicted molar refractivity (Wildman–Crippen MR) is 114 cm³/mol. The number of aryl methyl sites for hydroxylation is 1. The predicted octanol–water partition coefficient (Wildman–Crippen LogP) is 2.84. The summed E-state index contributed by atoms with van der Waals surface area (Å²) in [5.74, 6) is 1.07. The SMILES string of the molecule is CCn1nc(C(=O)N2CCCC2)c2c1CCC(NCCc1ccccc1OC)C2. The van der Waals surface area contributed by atoms with Crippen molar-refractivity contribution in [1.82, 2.24) is 20.0 Å². The van der Waals surface area contributed by atoms with Crippen molar-refractivity contribution >= 4 is 5.91 Å². The van der Waals surface area contributed by atoms with E-state index in [9.17, 15) is 4.79 Å². The molecule has 0 radical (unpaired) electrons. The number of ether oxygens (including phenoxy) is 1. The molecule has 6 heteroatoms. The standard InChI is InChI=1S/C23H32N4O2/c1-3-27-20-11-10-18(24-13-12-17-8-4-5-9-21(17)29-2)16-19(20)22(25-27)23(28)26-14-6-7-15-26/h4-5,8-9,18,24H,3,6-7,10-16H2,1-2H3. The first kappa shape index (κ1) is 20.0. The number of fused-ring (bicyclic) bond motifs is 1. The van der Waals surface area contributed by atoms with Crippen LogP contribution in [-0.4, -0.2) is 53.4 Å². The summed E-state index contributed by atoms with van der Waals surface area (Å²) in [6.07, 6.45) is 6.10. The number of amides is 1. The lowest BCUT2D eigenvalue weighted by atomic mass is 9.91. The van der Waals surface area contributed by atoms with Gasteiger partial charge in [0.25, 0.3) is 5.91 Å². The van der Waals surface area contributed by atoms with E-state index in [4.69, 9.17) is 9.84 Å². The molecule has 29 heavy (non-hydrogen) atoms. The van der Waals surface area contributed by atoms with E-state index in [2.05, 4.69) is 24.4 Å². The van der Waals surface area contributed by atoms with Gasteiger partial charge in [-0.2, -0.15) is 5.10 Å². The molecule has 1 aliphatic heterocycles. The lowest BCUT2D eigenvalue weighted by molar-refractivity contribution is 0.0785. The van der Waals surface area contributed by atoms with Crippen LogP contribution < -0.4 is 10.1 Å². The number of carbonyl (C=O) groups is 1. The molecule has 1 atom stereocenters. The highest BCUT2D eigenvalue weighted by Gasteiger charge is 2.31. The average Bonchev–Trinajstić information content (AvgIpc) is 3.41. The van der Waals surface area contributed by atoms with Gasteiger partial charge in [-0.3, -0.25) is 9.48 Å². The highest BCUT2D eigenvalue weighted by Crippen LogP contribution is 2.27. The summed E-state index contributed by atoms with van der Waals surface area (Å²) in [5, 5.41) is 8.43. The number of aromatic nitrogens is 2. The van der Waals surface area contributed by atoms with Crippen LogP contribution in [0.15, 0.2) is 24.3 Å². The molecule has 1 saturated heterocycles. The molecule has 2 aliphatic rings. The van der Waals surface area contributed by atoms with E-state index in [0.717, 1.165) is 70.5 Å². The Hall–Kier alpha value is -2.34. The zero-order chi connectivity index (χ0) is 20.2. The third-order valence-corrected chi connectivity index (χ3v) is 6.26. The van der Waals surface area contributed by atoms with Crippen molar-refractivity contribution in [1.29, 1.82) is 0 Å². The van der Waals surface area contributed by atoms with Gasteiger partial charge in [0.1, 0.15) is 5.75 Å². The highest BCUT2D eigenvalue weighted by molar-refractivity contribution is 5.94. The molecule has 4 rings (SSSR count). The lowest BCUT2D eigenvalue weighted by Crippen LogP contribution is -2.37. The van der Waals surface area contributed by atoms with Crippen LogP contribution in [0.5, 0.6) is 5.75 Å². The first-order chi connectivity index (χ1) is 14.2. The highest BCUT2D eigenvalue weighted by atomic mass is 16.5. The minimum absolute atomic E-state index is 0.126. The Balaban J connectivity index is 1.43. The Bertz CT molecular complexity index is 855. The largest absolute Gasteiger partial charge is 0.496 e. The molecular weight excluding hydrogens is 364 g/mol. The zero-order valence-corrected chi connectivity index (χ0v) is 17.6. The maximum atomic E-state index is 13.0. The summed E-state index contributed by atoms with van der Waals surface area (Å²) in [7, 11) is 1.72. The summed E-state index contributed by atoms with van der Waals surface area (Å²) >= 11 is 0. The molecular formula is C23H32N4O2. The van der Waals surface area contributed by atoms with E-state index in [1.807, 2.05) is 21.7 Å². The quantitative estimate of drug-likeness (QED) is 0.782. The third-order valence-electron chi connectivity index (χ3n) is 6.26. The number of benzene rings is 1. The molecule has 0 saturated carbocycles. The Labute approximate surface area is 173 Å². The molecule has 1 N–H and O–H groups in total. The second-order valence-corrected chi connectivity index (χ2v) is 8.04. The summed E-state index contributed by atoms with van der Waals surface area (Å²) in [5.41, 5.74) is 4.35. The van der Waals surface area contributed by atoms with Gasteiger partial charge >= 0.3 is 0 Å². The van der Waals surface area contributed by atoms with Crippen LogP contribution in [0.1, 0.15) is 53.5 Å². The topological polar surface area (TPSA) is 59.4 Å². The van der Waals surface area contributed by atoms with Crippen LogP contribution in [0, 0.1) is 0 Å². The van der Waals surface area contributed by atoms with E-state index >= 15 is 0 Å². The minimum atomic E-state index is 0.126. The second-order valence-electron chi connectivity index (χ2n) is 8.04. The summed E-state index contributed by atoms with van der Waals surface area (Å²) in [6, 6.07) is 8.58. The fraction of sp³-hybridized carbons (Fsp3) is 0.565. The second kappa shape index (κ2) is 8.99. The number of methoxy groups -OCH3 is 1. The van der Waals surface area contributed by atoms with Crippen LogP contribution in [0.2, 0.25) is 0 Å². The Morgan fingerprint density at radius 3 is 2.83 bits per heavy atom. The zero-order valence-electron chi connectivity index (χ0n) is 17.6. The normalized spacial score (nSPS) is 18.7. The number of para-hydroxylation sites is 1. The monoisotopic (exact) mass is 396 g/mol. The van der Waals surface area contributed by atoms with Crippen molar-refractivity contribution in [3.05, 3.63) is 46.8 Å². The van der Waals surface area contributed by atoms with Gasteiger partial charge in [0, 0.05) is 36.9 Å². The fourth-order valence-corrected chi connectivity index (χ4v) is 4.69. The molecule has 1 aromatic carbocycles. The van der Waals surface area contributed by atoms with Gasteiger partial charge in [-0.05, 0) is 63.6 Å². The number of rotatable bonds is 7. The van der Waals surface area contributed by atoms with Gasteiger partial charge in [0.15, 0.2) is 5.69 Å². The molecule has 1 amide bonds. The van der Waals surface area contributed by atoms with Crippen LogP contribution >= 0.6 is 0 Å². The van der Waals surface area contributed by atoms with Crippen molar-refractivity contribution in [2.75, 3.05) is 26.7 Å². The number of hydrogen-bond acceptors (Lipinski definition) is 4. The Morgan fingerprint density at radius 2 is 2.07 bits per heavy atom. The molecule has 1 aliphatic carbocycles. The van der Waals surface area contributed by atoms with Gasteiger partial charge in [-0.25, -0.2) is 0 Å². The van der Waals surface area contributed by atoms with E-state index < -0.39 is 0 Å². The van der Waals surface area contributed by atoms with E-state index in [0.29, 0.717) is 11.7 Å². The molecule has 1 fully saturated rings. The summed E-state index contributed by atoms with van der Waals surface area (Å²) in [4.78, 5) is 15.0. The Kier molecular flexibility index (Phi) is 6.19. The number of likely N-dealkylation sites (tertiary alicyclic amines) is 1. The van der Waals surface area contributed by atoms with Gasteiger partial charge in [0.05, 0.1) is 7.11 Å².